The minimum absolute atomic E-state index is 0.181. The van der Waals surface area contributed by atoms with Crippen LogP contribution in [0.2, 0.25) is 0 Å². The fraction of sp³-hybridized carbons (Fsp3) is 0.550. The van der Waals surface area contributed by atoms with Crippen molar-refractivity contribution >= 4 is 0 Å². The molecule has 0 N–H and O–H groups in total. The van der Waals surface area contributed by atoms with E-state index in [0.717, 1.165) is 64.2 Å². The maximum atomic E-state index is 2.42. The molecule has 0 rings (SSSR count). The Labute approximate surface area is 251 Å². The first-order valence-electron chi connectivity index (χ1n) is 15.9. The highest BCUT2D eigenvalue weighted by atomic mass is 14.3. The Morgan fingerprint density at radius 1 is 0.475 bits per heavy atom. The number of unbranched alkanes of at least 4 members (excludes halogenated alkanes) is 5. The Morgan fingerprint density at radius 2 is 0.825 bits per heavy atom. The predicted octanol–water partition coefficient (Wildman–Crippen LogP) is 13.4. The van der Waals surface area contributed by atoms with Crippen LogP contribution in [0.25, 0.3) is 0 Å². The average molecular weight is 545 g/mol. The molecule has 0 aromatic carbocycles. The van der Waals surface area contributed by atoms with E-state index in [1.54, 1.807) is 0 Å². The number of hydrogen-bond acceptors (Lipinski definition) is 0. The molecular weight excluding hydrogens is 480 g/mol. The molecule has 0 fully saturated rings. The van der Waals surface area contributed by atoms with E-state index in [4.69, 9.17) is 0 Å². The van der Waals surface area contributed by atoms with Crippen molar-refractivity contribution in [3.8, 4) is 0 Å². The lowest BCUT2D eigenvalue weighted by molar-refractivity contribution is 0.328. The molecule has 0 aliphatic heterocycles. The van der Waals surface area contributed by atoms with Crippen molar-refractivity contribution < 1.29 is 0 Å². The maximum absolute atomic E-state index is 2.42. The van der Waals surface area contributed by atoms with Crippen LogP contribution >= 0.6 is 0 Å². The first-order chi connectivity index (χ1) is 19.0. The summed E-state index contributed by atoms with van der Waals surface area (Å²) in [6.45, 7) is 20.8. The van der Waals surface area contributed by atoms with Gasteiger partial charge in [-0.25, -0.2) is 0 Å². The summed E-state index contributed by atoms with van der Waals surface area (Å²) < 4.78 is 0. The minimum atomic E-state index is 0.181. The van der Waals surface area contributed by atoms with E-state index >= 15 is 0 Å². The second kappa shape index (κ2) is 23.4. The predicted molar refractivity (Wildman–Crippen MR) is 186 cm³/mol. The van der Waals surface area contributed by atoms with Crippen LogP contribution in [-0.2, 0) is 0 Å². The van der Waals surface area contributed by atoms with E-state index in [9.17, 15) is 0 Å². The molecule has 0 nitrogen and oxygen atoms in total. The quantitative estimate of drug-likeness (QED) is 0.0812. The fourth-order valence-corrected chi connectivity index (χ4v) is 4.24. The van der Waals surface area contributed by atoms with Gasteiger partial charge in [0.15, 0.2) is 0 Å². The summed E-state index contributed by atoms with van der Waals surface area (Å²) in [6, 6.07) is 0. The van der Waals surface area contributed by atoms with Crippen LogP contribution in [0, 0.1) is 16.7 Å². The van der Waals surface area contributed by atoms with Crippen LogP contribution in [0.3, 0.4) is 0 Å². The largest absolute Gasteiger partial charge is 0.0917 e. The second-order valence-corrected chi connectivity index (χ2v) is 12.5. The monoisotopic (exact) mass is 545 g/mol. The highest BCUT2D eigenvalue weighted by molar-refractivity contribution is 5.24. The van der Waals surface area contributed by atoms with E-state index in [2.05, 4.69) is 160 Å². The van der Waals surface area contributed by atoms with E-state index in [1.807, 2.05) is 0 Å². The summed E-state index contributed by atoms with van der Waals surface area (Å²) >= 11 is 0. The molecule has 0 saturated carbocycles. The third-order valence-electron chi connectivity index (χ3n) is 8.06. The van der Waals surface area contributed by atoms with Crippen molar-refractivity contribution in [1.29, 1.82) is 0 Å². The molecule has 1 atom stereocenters. The second-order valence-electron chi connectivity index (χ2n) is 12.5. The lowest BCUT2D eigenvalue weighted by Crippen LogP contribution is -2.25. The smallest absolute Gasteiger partial charge is 0.00846 e. The molecule has 0 aromatic heterocycles. The molecule has 0 amide bonds. The molecule has 0 radical (unpaired) electrons. The van der Waals surface area contributed by atoms with Crippen LogP contribution < -0.4 is 0 Å². The first-order valence-corrected chi connectivity index (χ1v) is 15.9. The van der Waals surface area contributed by atoms with Crippen molar-refractivity contribution in [2.24, 2.45) is 16.7 Å². The fourth-order valence-electron chi connectivity index (χ4n) is 4.24. The Morgan fingerprint density at radius 3 is 1.20 bits per heavy atom. The minimum Gasteiger partial charge on any atom is -0.0917 e. The maximum Gasteiger partial charge on any atom is -0.00846 e. The number of hydrogen-bond donors (Lipinski definition) is 0. The zero-order valence-electron chi connectivity index (χ0n) is 27.9. The number of allylic oxidation sites excluding steroid dienone is 18. The summed E-state index contributed by atoms with van der Waals surface area (Å²) in [4.78, 5) is 0. The van der Waals surface area contributed by atoms with E-state index in [-0.39, 0.29) is 10.8 Å². The molecule has 224 valence electrons. The standard InChI is InChI=1S/C40H64/c1-10-11-12-13-14-15-16-17-18-19-20-21-22-23-24-25-26-27-28-29-30-31-32-33-34-35-36(2)40(8,9)38(4)37(3)39(5,6)7/h10-11,14-15,18-19,22-27,30-31,34-36H,12-13,16-17,20-21,28-29,32-33H2,1-9H3. The number of rotatable bonds is 20. The summed E-state index contributed by atoms with van der Waals surface area (Å²) in [6.07, 6.45) is 47.4. The Kier molecular flexibility index (Phi) is 22.0. The van der Waals surface area contributed by atoms with Crippen molar-refractivity contribution in [1.82, 2.24) is 0 Å². The van der Waals surface area contributed by atoms with E-state index in [0.29, 0.717) is 5.92 Å². The highest BCUT2D eigenvalue weighted by Gasteiger charge is 2.29. The Bertz CT molecular complexity index is 896. The Balaban J connectivity index is 3.98. The van der Waals surface area contributed by atoms with Gasteiger partial charge >= 0.3 is 0 Å². The van der Waals surface area contributed by atoms with Crippen molar-refractivity contribution in [3.05, 3.63) is 108 Å². The zero-order valence-corrected chi connectivity index (χ0v) is 27.9. The van der Waals surface area contributed by atoms with Crippen LogP contribution in [0.5, 0.6) is 0 Å². The molecule has 1 unspecified atom stereocenters. The summed E-state index contributed by atoms with van der Waals surface area (Å²) in [7, 11) is 0. The van der Waals surface area contributed by atoms with Gasteiger partial charge in [0, 0.05) is 0 Å². The molecule has 0 heteroatoms. The van der Waals surface area contributed by atoms with Gasteiger partial charge in [0.05, 0.1) is 0 Å². The molecule has 0 aliphatic carbocycles. The topological polar surface area (TPSA) is 0 Å². The zero-order chi connectivity index (χ0) is 30.1. The average Bonchev–Trinajstić information content (AvgIpc) is 2.91. The van der Waals surface area contributed by atoms with Gasteiger partial charge in [0.25, 0.3) is 0 Å². The lowest BCUT2D eigenvalue weighted by atomic mass is 9.69. The van der Waals surface area contributed by atoms with Gasteiger partial charge in [0.2, 0.25) is 0 Å². The van der Waals surface area contributed by atoms with Gasteiger partial charge < -0.3 is 0 Å². The van der Waals surface area contributed by atoms with Gasteiger partial charge in [-0.1, -0.05) is 150 Å². The molecule has 0 bridgehead atoms. The summed E-state index contributed by atoms with van der Waals surface area (Å²) in [5, 5.41) is 0. The van der Waals surface area contributed by atoms with Gasteiger partial charge in [0.1, 0.15) is 0 Å². The molecule has 40 heavy (non-hydrogen) atoms. The molecule has 0 heterocycles. The summed E-state index contributed by atoms with van der Waals surface area (Å²) in [5.41, 5.74) is 3.47. The lowest BCUT2D eigenvalue weighted by Gasteiger charge is -2.36. The Hall–Kier alpha value is -2.34. The van der Waals surface area contributed by atoms with Crippen LogP contribution in [-0.4, -0.2) is 0 Å². The van der Waals surface area contributed by atoms with Crippen LogP contribution in [0.4, 0.5) is 0 Å². The van der Waals surface area contributed by atoms with Gasteiger partial charge in [-0.3, -0.25) is 0 Å². The van der Waals surface area contributed by atoms with Crippen LogP contribution in [0.15, 0.2) is 108 Å². The SMILES string of the molecule is CC=CCCC=CCCC=CCCC=CC=CC=CCCC=CCCC=CC(C)C(C)(C)C(C)=C(C)C(C)(C)C. The first kappa shape index (κ1) is 37.7. The molecule has 0 aromatic rings. The molecule has 0 spiro atoms. The third kappa shape index (κ3) is 19.7. The third-order valence-corrected chi connectivity index (χ3v) is 8.06. The van der Waals surface area contributed by atoms with Gasteiger partial charge in [-0.2, -0.15) is 0 Å². The van der Waals surface area contributed by atoms with Gasteiger partial charge in [-0.15, -0.1) is 0 Å². The van der Waals surface area contributed by atoms with Gasteiger partial charge in [-0.05, 0) is 102 Å². The molecule has 0 aliphatic rings. The summed E-state index contributed by atoms with van der Waals surface area (Å²) in [5.74, 6) is 0.527. The van der Waals surface area contributed by atoms with E-state index in [1.165, 1.54) is 11.1 Å². The van der Waals surface area contributed by atoms with E-state index < -0.39 is 0 Å². The van der Waals surface area contributed by atoms with Crippen molar-refractivity contribution in [3.63, 3.8) is 0 Å². The highest BCUT2D eigenvalue weighted by Crippen LogP contribution is 2.41. The van der Waals surface area contributed by atoms with Crippen molar-refractivity contribution in [2.45, 2.75) is 127 Å². The molecular formula is C40H64. The normalized spacial score (nSPS) is 15.6. The van der Waals surface area contributed by atoms with Crippen molar-refractivity contribution in [2.75, 3.05) is 0 Å². The van der Waals surface area contributed by atoms with Crippen LogP contribution in [0.1, 0.15) is 127 Å². The molecule has 0 saturated heterocycles.